The third-order valence-corrected chi connectivity index (χ3v) is 6.64. The Bertz CT molecular complexity index is 819. The summed E-state index contributed by atoms with van der Waals surface area (Å²) in [4.78, 5) is 11.3. The molecule has 30 heavy (non-hydrogen) atoms. The Morgan fingerprint density at radius 2 is 1.77 bits per heavy atom. The van der Waals surface area contributed by atoms with E-state index in [9.17, 15) is 0 Å². The minimum atomic E-state index is 0.351. The lowest BCUT2D eigenvalue weighted by molar-refractivity contribution is 0.0610. The van der Waals surface area contributed by atoms with E-state index >= 15 is 0 Å². The molecule has 7 heteroatoms. The molecule has 1 atom stereocenters. The van der Waals surface area contributed by atoms with Crippen LogP contribution in [0, 0.1) is 5.41 Å². The molecule has 1 spiro atoms. The second-order valence-corrected chi connectivity index (χ2v) is 8.55. The molecule has 5 nitrogen and oxygen atoms in total. The molecular weight excluding hydrogens is 417 g/mol. The molecule has 1 unspecified atom stereocenters. The van der Waals surface area contributed by atoms with Crippen LogP contribution in [0.4, 0.5) is 11.6 Å². The lowest BCUT2D eigenvalue weighted by Gasteiger charge is -2.52. The monoisotopic (exact) mass is 451 g/mol. The summed E-state index contributed by atoms with van der Waals surface area (Å²) in [6.45, 7) is 10.1. The summed E-state index contributed by atoms with van der Waals surface area (Å²) in [5, 5.41) is 0.916. The van der Waals surface area contributed by atoms with Gasteiger partial charge in [-0.3, -0.25) is 0 Å². The van der Waals surface area contributed by atoms with Crippen LogP contribution in [0.5, 0.6) is 0 Å². The van der Waals surface area contributed by atoms with Gasteiger partial charge in [0.2, 0.25) is 0 Å². The first-order valence-electron chi connectivity index (χ1n) is 11.0. The molecule has 2 fully saturated rings. The lowest BCUT2D eigenvalue weighted by atomic mass is 9.60. The fraction of sp³-hybridized carbons (Fsp3) is 0.565. The smallest absolute Gasteiger partial charge is 0.152 e. The fourth-order valence-electron chi connectivity index (χ4n) is 3.96. The molecule has 2 heterocycles. The highest BCUT2D eigenvalue weighted by Gasteiger charge is 2.46. The first-order valence-corrected chi connectivity index (χ1v) is 11.7. The highest BCUT2D eigenvalue weighted by Crippen LogP contribution is 2.48. The normalized spacial score (nSPS) is 19.2. The number of nitrogen functional groups attached to an aromatic ring is 1. The van der Waals surface area contributed by atoms with E-state index in [-0.39, 0.29) is 0 Å². The number of piperidine rings is 1. The number of hydrogen-bond donors (Lipinski definition) is 2. The van der Waals surface area contributed by atoms with E-state index in [1.165, 1.54) is 12.8 Å². The number of rotatable bonds is 2. The van der Waals surface area contributed by atoms with Crippen molar-refractivity contribution < 1.29 is 0 Å². The first-order chi connectivity index (χ1) is 14.4. The van der Waals surface area contributed by atoms with Gasteiger partial charge in [0.25, 0.3) is 0 Å². The third-order valence-electron chi connectivity index (χ3n) is 5.82. The van der Waals surface area contributed by atoms with E-state index in [0.29, 0.717) is 38.6 Å². The predicted octanol–water partition coefficient (Wildman–Crippen LogP) is 6.18. The van der Waals surface area contributed by atoms with Gasteiger partial charge in [0.05, 0.1) is 16.2 Å². The Morgan fingerprint density at radius 1 is 1.13 bits per heavy atom. The number of aromatic nitrogens is 2. The second kappa shape index (κ2) is 11.2. The maximum atomic E-state index is 6.28. The highest BCUT2D eigenvalue weighted by atomic mass is 35.5. The van der Waals surface area contributed by atoms with Crippen LogP contribution in [0.3, 0.4) is 0 Å². The molecule has 166 valence electrons. The van der Waals surface area contributed by atoms with Crippen LogP contribution in [-0.2, 0) is 0 Å². The molecular formula is C23H35Cl2N5. The SMILES string of the molecule is CC.CCC.Nc1nc(N2CCC3(CCC3N)CC2)cnc1-c1cccc(Cl)c1Cl. The Labute approximate surface area is 191 Å². The Hall–Kier alpha value is -1.56. The summed E-state index contributed by atoms with van der Waals surface area (Å²) in [5.41, 5.74) is 14.0. The van der Waals surface area contributed by atoms with Crippen molar-refractivity contribution >= 4 is 34.8 Å². The van der Waals surface area contributed by atoms with E-state index in [1.54, 1.807) is 12.3 Å². The number of hydrogen-bond acceptors (Lipinski definition) is 5. The summed E-state index contributed by atoms with van der Waals surface area (Å²) >= 11 is 12.4. The van der Waals surface area contributed by atoms with Gasteiger partial charge < -0.3 is 16.4 Å². The number of nitrogens with zero attached hydrogens (tertiary/aromatic N) is 3. The molecule has 2 aromatic rings. The fourth-order valence-corrected chi connectivity index (χ4v) is 4.35. The van der Waals surface area contributed by atoms with E-state index in [2.05, 4.69) is 28.7 Å². The van der Waals surface area contributed by atoms with Crippen LogP contribution < -0.4 is 16.4 Å². The average molecular weight is 452 g/mol. The first kappa shape index (κ1) is 24.7. The van der Waals surface area contributed by atoms with Crippen LogP contribution in [0.25, 0.3) is 11.3 Å². The van der Waals surface area contributed by atoms with E-state index < -0.39 is 0 Å². The van der Waals surface area contributed by atoms with Crippen molar-refractivity contribution in [2.24, 2.45) is 11.1 Å². The van der Waals surface area contributed by atoms with Gasteiger partial charge in [-0.25, -0.2) is 9.97 Å². The van der Waals surface area contributed by atoms with E-state index in [1.807, 2.05) is 26.0 Å². The molecule has 1 saturated carbocycles. The summed E-state index contributed by atoms with van der Waals surface area (Å²) in [6.07, 6.45) is 7.64. The minimum absolute atomic E-state index is 0.351. The zero-order valence-electron chi connectivity index (χ0n) is 18.6. The van der Waals surface area contributed by atoms with E-state index in [4.69, 9.17) is 34.7 Å². The summed E-state index contributed by atoms with van der Waals surface area (Å²) in [7, 11) is 0. The molecule has 4 rings (SSSR count). The standard InChI is InChI=1S/C18H21Cl2N5.C3H8.C2H6/c19-12-3-1-2-11(15(12)20)16-17(22)24-14(10-23-16)25-8-6-18(7-9-25)5-4-13(18)21;1-3-2;1-2/h1-3,10,13H,4-9,21H2,(H2,22,24);3H2,1-2H3;1-2H3. The quantitative estimate of drug-likeness (QED) is 0.568. The Balaban J connectivity index is 0.000000590. The van der Waals surface area contributed by atoms with Crippen LogP contribution >= 0.6 is 23.2 Å². The molecule has 1 aliphatic carbocycles. The molecule has 4 N–H and O–H groups in total. The van der Waals surface area contributed by atoms with Crippen LogP contribution in [0.1, 0.15) is 59.8 Å². The maximum absolute atomic E-state index is 6.28. The van der Waals surface area contributed by atoms with Crippen molar-refractivity contribution in [3.05, 3.63) is 34.4 Å². The van der Waals surface area contributed by atoms with Crippen molar-refractivity contribution in [1.82, 2.24) is 9.97 Å². The van der Waals surface area contributed by atoms with Gasteiger partial charge in [-0.15, -0.1) is 0 Å². The van der Waals surface area contributed by atoms with E-state index in [0.717, 1.165) is 38.2 Å². The maximum Gasteiger partial charge on any atom is 0.152 e. The minimum Gasteiger partial charge on any atom is -0.382 e. The number of benzene rings is 1. The molecule has 1 aliphatic heterocycles. The van der Waals surface area contributed by atoms with Gasteiger partial charge in [0, 0.05) is 24.7 Å². The average Bonchev–Trinajstić information content (AvgIpc) is 2.77. The molecule has 0 radical (unpaired) electrons. The van der Waals surface area contributed by atoms with Crippen LogP contribution in [-0.4, -0.2) is 29.1 Å². The number of halogens is 2. The number of anilines is 2. The second-order valence-electron chi connectivity index (χ2n) is 7.77. The zero-order chi connectivity index (χ0) is 22.3. The summed E-state index contributed by atoms with van der Waals surface area (Å²) < 4.78 is 0. The lowest BCUT2D eigenvalue weighted by Crippen LogP contribution is -2.56. The van der Waals surface area contributed by atoms with Crippen LogP contribution in [0.15, 0.2) is 24.4 Å². The Morgan fingerprint density at radius 3 is 2.27 bits per heavy atom. The largest absolute Gasteiger partial charge is 0.382 e. The molecule has 1 aromatic heterocycles. The van der Waals surface area contributed by atoms with Gasteiger partial charge in [0.15, 0.2) is 5.82 Å². The van der Waals surface area contributed by atoms with Gasteiger partial charge in [-0.2, -0.15) is 0 Å². The molecule has 0 amide bonds. The van der Waals surface area contributed by atoms with Gasteiger partial charge >= 0.3 is 0 Å². The van der Waals surface area contributed by atoms with Crippen molar-refractivity contribution in [2.45, 2.75) is 65.8 Å². The number of nitrogens with two attached hydrogens (primary N) is 2. The van der Waals surface area contributed by atoms with Gasteiger partial charge in [-0.05, 0) is 37.2 Å². The van der Waals surface area contributed by atoms with Crippen LogP contribution in [0.2, 0.25) is 10.0 Å². The molecule has 0 bridgehead atoms. The van der Waals surface area contributed by atoms with Crippen molar-refractivity contribution in [3.63, 3.8) is 0 Å². The van der Waals surface area contributed by atoms with Crippen molar-refractivity contribution in [1.29, 1.82) is 0 Å². The summed E-state index contributed by atoms with van der Waals surface area (Å²) in [6, 6.07) is 5.76. The molecule has 1 saturated heterocycles. The van der Waals surface area contributed by atoms with Crippen molar-refractivity contribution in [3.8, 4) is 11.3 Å². The Kier molecular flexibility index (Phi) is 9.20. The molecule has 2 aliphatic rings. The topological polar surface area (TPSA) is 81.1 Å². The zero-order valence-corrected chi connectivity index (χ0v) is 20.1. The summed E-state index contributed by atoms with van der Waals surface area (Å²) in [5.74, 6) is 1.17. The third kappa shape index (κ3) is 5.19. The predicted molar refractivity (Wildman–Crippen MR) is 130 cm³/mol. The van der Waals surface area contributed by atoms with Crippen molar-refractivity contribution in [2.75, 3.05) is 23.7 Å². The van der Waals surface area contributed by atoms with Gasteiger partial charge in [0.1, 0.15) is 11.5 Å². The highest BCUT2D eigenvalue weighted by molar-refractivity contribution is 6.43. The van der Waals surface area contributed by atoms with Gasteiger partial charge in [-0.1, -0.05) is 69.5 Å². The molecule has 1 aromatic carbocycles.